The molecule has 0 aliphatic heterocycles. The number of aryl methyl sites for hydroxylation is 2. The Labute approximate surface area is 202 Å². The Balaban J connectivity index is 1.90. The Morgan fingerprint density at radius 2 is 1.71 bits per heavy atom. The van der Waals surface area contributed by atoms with E-state index in [1.807, 2.05) is 32.0 Å². The van der Waals surface area contributed by atoms with Crippen LogP contribution in [0, 0.1) is 13.8 Å². The van der Waals surface area contributed by atoms with Gasteiger partial charge in [-0.1, -0.05) is 42.5 Å². The molecule has 0 spiro atoms. The first-order valence-corrected chi connectivity index (χ1v) is 12.8. The van der Waals surface area contributed by atoms with Gasteiger partial charge in [-0.05, 0) is 55.3 Å². The molecule has 4 aromatic rings. The second kappa shape index (κ2) is 9.32. The number of thiophene rings is 1. The van der Waals surface area contributed by atoms with Crippen molar-refractivity contribution < 1.29 is 17.9 Å². The highest BCUT2D eigenvalue weighted by molar-refractivity contribution is 7.92. The molecule has 3 N–H and O–H groups in total. The number of methoxy groups -OCH3 is 1. The zero-order valence-corrected chi connectivity index (χ0v) is 20.6. The van der Waals surface area contributed by atoms with Crippen LogP contribution in [0.5, 0.6) is 5.75 Å². The zero-order chi connectivity index (χ0) is 24.5. The SMILES string of the molecule is COc1cccc(C(=O)c2sc(Nc3cc(C)ccc3C)c(S(=O)(=O)c3ccccc3)c2N)c1. The molecule has 0 saturated heterocycles. The van der Waals surface area contributed by atoms with Crippen LogP contribution in [0.4, 0.5) is 16.4 Å². The summed E-state index contributed by atoms with van der Waals surface area (Å²) in [5.41, 5.74) is 9.36. The third-order valence-corrected chi connectivity index (χ3v) is 8.50. The summed E-state index contributed by atoms with van der Waals surface area (Å²) in [6.45, 7) is 3.87. The molecule has 34 heavy (non-hydrogen) atoms. The summed E-state index contributed by atoms with van der Waals surface area (Å²) in [5.74, 6) is 0.145. The average Bonchev–Trinajstić information content (AvgIpc) is 3.17. The quantitative estimate of drug-likeness (QED) is 0.318. The van der Waals surface area contributed by atoms with Gasteiger partial charge < -0.3 is 15.8 Å². The maximum Gasteiger partial charge on any atom is 0.211 e. The van der Waals surface area contributed by atoms with E-state index in [1.54, 1.807) is 42.5 Å². The molecule has 0 aliphatic carbocycles. The normalized spacial score (nSPS) is 11.3. The molecular weight excluding hydrogens is 468 g/mol. The van der Waals surface area contributed by atoms with Gasteiger partial charge in [0.2, 0.25) is 15.6 Å². The predicted octanol–water partition coefficient (Wildman–Crippen LogP) is 5.76. The van der Waals surface area contributed by atoms with E-state index in [9.17, 15) is 13.2 Å². The maximum atomic E-state index is 13.6. The number of hydrogen-bond donors (Lipinski definition) is 2. The van der Waals surface area contributed by atoms with E-state index in [0.717, 1.165) is 28.2 Å². The summed E-state index contributed by atoms with van der Waals surface area (Å²) >= 11 is 1.03. The van der Waals surface area contributed by atoms with Crippen LogP contribution in [0.15, 0.2) is 82.6 Å². The molecule has 1 heterocycles. The lowest BCUT2D eigenvalue weighted by Gasteiger charge is -2.12. The van der Waals surface area contributed by atoms with E-state index in [4.69, 9.17) is 10.5 Å². The average molecular weight is 493 g/mol. The van der Waals surface area contributed by atoms with Gasteiger partial charge in [0.1, 0.15) is 20.5 Å². The molecule has 0 radical (unpaired) electrons. The van der Waals surface area contributed by atoms with Crippen molar-refractivity contribution in [2.45, 2.75) is 23.6 Å². The first-order chi connectivity index (χ1) is 16.2. The van der Waals surface area contributed by atoms with E-state index in [1.165, 1.54) is 19.2 Å². The van der Waals surface area contributed by atoms with E-state index in [-0.39, 0.29) is 26.1 Å². The lowest BCUT2D eigenvalue weighted by atomic mass is 10.1. The third-order valence-electron chi connectivity index (χ3n) is 5.40. The summed E-state index contributed by atoms with van der Waals surface area (Å²) in [4.78, 5) is 13.5. The number of hydrogen-bond acceptors (Lipinski definition) is 7. The number of ketones is 1. The first kappa shape index (κ1) is 23.5. The minimum Gasteiger partial charge on any atom is -0.497 e. The van der Waals surface area contributed by atoms with Gasteiger partial charge in [0.25, 0.3) is 0 Å². The molecular formula is C26H24N2O4S2. The number of rotatable bonds is 7. The smallest absolute Gasteiger partial charge is 0.211 e. The minimum absolute atomic E-state index is 0.0746. The predicted molar refractivity (Wildman–Crippen MR) is 136 cm³/mol. The molecule has 0 amide bonds. The van der Waals surface area contributed by atoms with E-state index >= 15 is 0 Å². The fourth-order valence-electron chi connectivity index (χ4n) is 3.55. The van der Waals surface area contributed by atoms with E-state index in [2.05, 4.69) is 5.32 Å². The summed E-state index contributed by atoms with van der Waals surface area (Å²) < 4.78 is 32.5. The Kier molecular flexibility index (Phi) is 6.45. The van der Waals surface area contributed by atoms with Crippen molar-refractivity contribution in [3.05, 3.63) is 94.4 Å². The monoisotopic (exact) mass is 492 g/mol. The van der Waals surface area contributed by atoms with Gasteiger partial charge >= 0.3 is 0 Å². The fourth-order valence-corrected chi connectivity index (χ4v) is 6.50. The topological polar surface area (TPSA) is 98.5 Å². The molecule has 1 aromatic heterocycles. The molecule has 174 valence electrons. The standard InChI is InChI=1S/C26H24N2O4S2/c1-16-12-13-17(2)21(14-16)28-26-25(34(30,31)20-10-5-4-6-11-20)22(27)24(33-26)23(29)18-8-7-9-19(15-18)32-3/h4-15,28H,27H2,1-3H3. The fraction of sp³-hybridized carbons (Fsp3) is 0.115. The van der Waals surface area contributed by atoms with E-state index in [0.29, 0.717) is 16.3 Å². The van der Waals surface area contributed by atoms with Gasteiger partial charge in [-0.3, -0.25) is 4.79 Å². The Hall–Kier alpha value is -3.62. The molecule has 0 saturated carbocycles. The molecule has 0 aliphatic rings. The molecule has 0 fully saturated rings. The van der Waals surface area contributed by atoms with Crippen LogP contribution in [0.25, 0.3) is 0 Å². The third kappa shape index (κ3) is 4.42. The number of ether oxygens (including phenoxy) is 1. The number of carbonyl (C=O) groups excluding carboxylic acids is 1. The molecule has 3 aromatic carbocycles. The number of anilines is 3. The van der Waals surface area contributed by atoms with Crippen molar-refractivity contribution in [3.63, 3.8) is 0 Å². The van der Waals surface area contributed by atoms with Crippen LogP contribution in [0.1, 0.15) is 26.4 Å². The number of benzene rings is 3. The molecule has 0 atom stereocenters. The lowest BCUT2D eigenvalue weighted by molar-refractivity contribution is 0.104. The van der Waals surface area contributed by atoms with Crippen molar-refractivity contribution in [3.8, 4) is 5.75 Å². The van der Waals surface area contributed by atoms with Crippen molar-refractivity contribution in [1.29, 1.82) is 0 Å². The summed E-state index contributed by atoms with van der Waals surface area (Å²) in [6.07, 6.45) is 0. The lowest BCUT2D eigenvalue weighted by Crippen LogP contribution is -2.08. The first-order valence-electron chi connectivity index (χ1n) is 10.5. The number of sulfone groups is 1. The van der Waals surface area contributed by atoms with Crippen molar-refractivity contribution >= 4 is 43.3 Å². The molecule has 0 unspecified atom stereocenters. The van der Waals surface area contributed by atoms with Gasteiger partial charge in [0, 0.05) is 11.3 Å². The summed E-state index contributed by atoms with van der Waals surface area (Å²) in [5, 5.41) is 3.52. The number of nitrogen functional groups attached to an aromatic ring is 1. The highest BCUT2D eigenvalue weighted by Crippen LogP contribution is 2.44. The van der Waals surface area contributed by atoms with Crippen molar-refractivity contribution in [1.82, 2.24) is 0 Å². The summed E-state index contributed by atoms with van der Waals surface area (Å²) in [7, 11) is -2.49. The van der Waals surface area contributed by atoms with Crippen molar-refractivity contribution in [2.24, 2.45) is 0 Å². The number of nitrogens with one attached hydrogen (secondary N) is 1. The van der Waals surface area contributed by atoms with Gasteiger partial charge in [-0.25, -0.2) is 8.42 Å². The van der Waals surface area contributed by atoms with Crippen LogP contribution in [0.2, 0.25) is 0 Å². The largest absolute Gasteiger partial charge is 0.497 e. The van der Waals surface area contributed by atoms with Crippen molar-refractivity contribution in [2.75, 3.05) is 18.2 Å². The second-order valence-corrected chi connectivity index (χ2v) is 10.7. The van der Waals surface area contributed by atoms with Gasteiger partial charge in [0.15, 0.2) is 0 Å². The molecule has 0 bridgehead atoms. The minimum atomic E-state index is -4.01. The van der Waals surface area contributed by atoms with Gasteiger partial charge in [-0.15, -0.1) is 11.3 Å². The molecule has 4 rings (SSSR count). The Morgan fingerprint density at radius 3 is 2.41 bits per heavy atom. The Morgan fingerprint density at radius 1 is 0.971 bits per heavy atom. The van der Waals surface area contributed by atoms with Crippen LogP contribution in [-0.4, -0.2) is 21.3 Å². The van der Waals surface area contributed by atoms with E-state index < -0.39 is 9.84 Å². The van der Waals surface area contributed by atoms with Gasteiger partial charge in [0.05, 0.1) is 17.7 Å². The van der Waals surface area contributed by atoms with Crippen LogP contribution < -0.4 is 15.8 Å². The Bertz CT molecular complexity index is 1480. The number of carbonyl (C=O) groups is 1. The number of nitrogens with two attached hydrogens (primary N) is 1. The van der Waals surface area contributed by atoms with Gasteiger partial charge in [-0.2, -0.15) is 0 Å². The highest BCUT2D eigenvalue weighted by atomic mass is 32.2. The zero-order valence-electron chi connectivity index (χ0n) is 19.0. The van der Waals surface area contributed by atoms with Crippen LogP contribution >= 0.6 is 11.3 Å². The van der Waals surface area contributed by atoms with Crippen LogP contribution in [-0.2, 0) is 9.84 Å². The van der Waals surface area contributed by atoms with Crippen LogP contribution in [0.3, 0.4) is 0 Å². The molecule has 8 heteroatoms. The highest BCUT2D eigenvalue weighted by Gasteiger charge is 2.32. The molecule has 6 nitrogen and oxygen atoms in total. The summed E-state index contributed by atoms with van der Waals surface area (Å²) in [6, 6.07) is 20.6. The second-order valence-electron chi connectivity index (χ2n) is 7.82. The maximum absolute atomic E-state index is 13.6.